The summed E-state index contributed by atoms with van der Waals surface area (Å²) in [4.78, 5) is 11.0. The van der Waals surface area contributed by atoms with Crippen molar-refractivity contribution in [2.75, 3.05) is 18.5 Å². The van der Waals surface area contributed by atoms with E-state index in [1.54, 1.807) is 6.92 Å². The summed E-state index contributed by atoms with van der Waals surface area (Å²) in [6.07, 6.45) is 0.862. The molecule has 1 aromatic carbocycles. The molecule has 1 N–H and O–H groups in total. The molecule has 0 heterocycles. The Morgan fingerprint density at radius 2 is 2.06 bits per heavy atom. The number of aryl methyl sites for hydroxylation is 1. The highest BCUT2D eigenvalue weighted by Gasteiger charge is 2.31. The largest absolute Gasteiger partial charge is 0.379 e. The van der Waals surface area contributed by atoms with E-state index in [1.807, 2.05) is 38.1 Å². The predicted octanol–water partition coefficient (Wildman–Crippen LogP) is 3.22. The van der Waals surface area contributed by atoms with Crippen LogP contribution in [0.15, 0.2) is 24.3 Å². The first-order valence-corrected chi connectivity index (χ1v) is 6.55. The number of benzene rings is 1. The Morgan fingerprint density at radius 3 is 2.67 bits per heavy atom. The average Bonchev–Trinajstić information content (AvgIpc) is 2.37. The van der Waals surface area contributed by atoms with Crippen molar-refractivity contribution in [2.24, 2.45) is 0 Å². The molecule has 1 unspecified atom stereocenters. The van der Waals surface area contributed by atoms with Gasteiger partial charge in [-0.25, -0.2) is 0 Å². The van der Waals surface area contributed by atoms with Crippen LogP contribution in [-0.2, 0) is 16.0 Å². The van der Waals surface area contributed by atoms with Crippen molar-refractivity contribution in [2.45, 2.75) is 32.1 Å². The van der Waals surface area contributed by atoms with E-state index in [9.17, 15) is 4.79 Å². The number of para-hydroxylation sites is 1. The number of nitrogens with one attached hydrogen (secondary N) is 1. The minimum absolute atomic E-state index is 0.200. The molecule has 4 heteroatoms. The lowest BCUT2D eigenvalue weighted by atomic mass is 10.1. The lowest BCUT2D eigenvalue weighted by Gasteiger charge is -2.21. The topological polar surface area (TPSA) is 38.3 Å². The number of rotatable bonds is 6. The van der Waals surface area contributed by atoms with Crippen molar-refractivity contribution in [3.05, 3.63) is 29.8 Å². The molecule has 0 saturated carbocycles. The zero-order valence-corrected chi connectivity index (χ0v) is 11.9. The molecule has 0 radical (unpaired) electrons. The van der Waals surface area contributed by atoms with Gasteiger partial charge < -0.3 is 10.1 Å². The molecule has 1 amide bonds. The molecule has 0 aliphatic heterocycles. The first-order valence-electron chi connectivity index (χ1n) is 6.17. The van der Waals surface area contributed by atoms with Gasteiger partial charge in [0.2, 0.25) is 5.91 Å². The molecule has 1 rings (SSSR count). The van der Waals surface area contributed by atoms with E-state index in [0.717, 1.165) is 17.7 Å². The van der Waals surface area contributed by atoms with Crippen LogP contribution in [0.2, 0.25) is 0 Å². The number of ether oxygens (including phenoxy) is 1. The van der Waals surface area contributed by atoms with E-state index in [1.165, 1.54) is 0 Å². The molecule has 0 bridgehead atoms. The van der Waals surface area contributed by atoms with Crippen molar-refractivity contribution in [1.82, 2.24) is 0 Å². The lowest BCUT2D eigenvalue weighted by molar-refractivity contribution is -0.119. The Hall–Kier alpha value is -1.06. The summed E-state index contributed by atoms with van der Waals surface area (Å²) in [5.74, 6) is -0.237. The molecule has 100 valence electrons. The maximum absolute atomic E-state index is 12.1. The summed E-state index contributed by atoms with van der Waals surface area (Å²) < 4.78 is 5.22. The number of halogens is 1. The molecule has 0 aliphatic rings. The van der Waals surface area contributed by atoms with E-state index in [-0.39, 0.29) is 12.5 Å². The Labute approximate surface area is 113 Å². The summed E-state index contributed by atoms with van der Waals surface area (Å²) in [6, 6.07) is 7.71. The fourth-order valence-electron chi connectivity index (χ4n) is 1.56. The molecule has 0 saturated heterocycles. The second-order valence-electron chi connectivity index (χ2n) is 4.30. The average molecular weight is 270 g/mol. The molecular weight excluding hydrogens is 250 g/mol. The smallest absolute Gasteiger partial charge is 0.247 e. The van der Waals surface area contributed by atoms with Crippen LogP contribution in [0.1, 0.15) is 26.3 Å². The van der Waals surface area contributed by atoms with Gasteiger partial charge in [0, 0.05) is 12.3 Å². The fraction of sp³-hybridized carbons (Fsp3) is 0.500. The minimum Gasteiger partial charge on any atom is -0.379 e. The third kappa shape index (κ3) is 4.00. The maximum atomic E-state index is 12.1. The SMILES string of the molecule is CCOCC(C)(Cl)C(=O)Nc1ccccc1CC. The van der Waals surface area contributed by atoms with Gasteiger partial charge in [0.1, 0.15) is 4.87 Å². The fourth-order valence-corrected chi connectivity index (χ4v) is 1.69. The molecule has 0 spiro atoms. The zero-order valence-electron chi connectivity index (χ0n) is 11.1. The Morgan fingerprint density at radius 1 is 1.39 bits per heavy atom. The Balaban J connectivity index is 2.74. The molecule has 1 atom stereocenters. The molecule has 1 aromatic rings. The van der Waals surface area contributed by atoms with E-state index in [4.69, 9.17) is 16.3 Å². The van der Waals surface area contributed by atoms with Gasteiger partial charge in [-0.15, -0.1) is 11.6 Å². The monoisotopic (exact) mass is 269 g/mol. The van der Waals surface area contributed by atoms with Crippen LogP contribution in [0, 0.1) is 0 Å². The number of hydrogen-bond acceptors (Lipinski definition) is 2. The number of carbonyl (C=O) groups excluding carboxylic acids is 1. The van der Waals surface area contributed by atoms with Crippen LogP contribution in [-0.4, -0.2) is 24.0 Å². The van der Waals surface area contributed by atoms with E-state index >= 15 is 0 Å². The van der Waals surface area contributed by atoms with E-state index in [2.05, 4.69) is 5.32 Å². The van der Waals surface area contributed by atoms with Gasteiger partial charge in [0.25, 0.3) is 0 Å². The van der Waals surface area contributed by atoms with Crippen LogP contribution in [0.4, 0.5) is 5.69 Å². The van der Waals surface area contributed by atoms with Gasteiger partial charge in [-0.3, -0.25) is 4.79 Å². The molecule has 0 fully saturated rings. The Kier molecular flexibility index (Phi) is 5.63. The van der Waals surface area contributed by atoms with Crippen LogP contribution < -0.4 is 5.32 Å². The zero-order chi connectivity index (χ0) is 13.6. The normalized spacial score (nSPS) is 14.0. The van der Waals surface area contributed by atoms with Gasteiger partial charge in [-0.1, -0.05) is 25.1 Å². The number of hydrogen-bond donors (Lipinski definition) is 1. The third-order valence-electron chi connectivity index (χ3n) is 2.70. The van der Waals surface area contributed by atoms with Crippen molar-refractivity contribution < 1.29 is 9.53 Å². The quantitative estimate of drug-likeness (QED) is 0.806. The standard InChI is InChI=1S/C14H20ClNO2/c1-4-11-8-6-7-9-12(11)16-13(17)14(3,15)10-18-5-2/h6-9H,4-5,10H2,1-3H3,(H,16,17). The van der Waals surface area contributed by atoms with Gasteiger partial charge in [-0.05, 0) is 31.9 Å². The van der Waals surface area contributed by atoms with Gasteiger partial charge in [0.05, 0.1) is 6.61 Å². The van der Waals surface area contributed by atoms with Crippen molar-refractivity contribution in [1.29, 1.82) is 0 Å². The molecule has 0 aliphatic carbocycles. The number of alkyl halides is 1. The van der Waals surface area contributed by atoms with Gasteiger partial charge >= 0.3 is 0 Å². The summed E-state index contributed by atoms with van der Waals surface area (Å²) in [5, 5.41) is 2.86. The molecule has 3 nitrogen and oxygen atoms in total. The number of carbonyl (C=O) groups is 1. The lowest BCUT2D eigenvalue weighted by Crippen LogP contribution is -2.39. The van der Waals surface area contributed by atoms with Gasteiger partial charge in [-0.2, -0.15) is 0 Å². The van der Waals surface area contributed by atoms with Crippen LogP contribution in [0.5, 0.6) is 0 Å². The summed E-state index contributed by atoms with van der Waals surface area (Å²) in [5.41, 5.74) is 1.91. The number of amides is 1. The van der Waals surface area contributed by atoms with E-state index < -0.39 is 4.87 Å². The second kappa shape index (κ2) is 6.76. The first kappa shape index (κ1) is 15.0. The predicted molar refractivity (Wildman–Crippen MR) is 75.2 cm³/mol. The third-order valence-corrected chi connectivity index (χ3v) is 2.98. The second-order valence-corrected chi connectivity index (χ2v) is 5.13. The maximum Gasteiger partial charge on any atom is 0.247 e. The minimum atomic E-state index is -1.04. The molecule has 0 aromatic heterocycles. The Bertz CT molecular complexity index is 405. The van der Waals surface area contributed by atoms with Crippen LogP contribution in [0.25, 0.3) is 0 Å². The highest BCUT2D eigenvalue weighted by Crippen LogP contribution is 2.21. The summed E-state index contributed by atoms with van der Waals surface area (Å²) in [6.45, 7) is 6.32. The number of anilines is 1. The summed E-state index contributed by atoms with van der Waals surface area (Å²) >= 11 is 6.17. The highest BCUT2D eigenvalue weighted by molar-refractivity contribution is 6.36. The van der Waals surface area contributed by atoms with Gasteiger partial charge in [0.15, 0.2) is 0 Å². The van der Waals surface area contributed by atoms with E-state index in [0.29, 0.717) is 6.61 Å². The summed E-state index contributed by atoms with van der Waals surface area (Å²) in [7, 11) is 0. The van der Waals surface area contributed by atoms with Crippen molar-refractivity contribution >= 4 is 23.2 Å². The van der Waals surface area contributed by atoms with Crippen molar-refractivity contribution in [3.63, 3.8) is 0 Å². The van der Waals surface area contributed by atoms with Crippen LogP contribution in [0.3, 0.4) is 0 Å². The first-order chi connectivity index (χ1) is 8.51. The van der Waals surface area contributed by atoms with Crippen LogP contribution >= 0.6 is 11.6 Å². The molecular formula is C14H20ClNO2. The highest BCUT2D eigenvalue weighted by atomic mass is 35.5. The van der Waals surface area contributed by atoms with Crippen molar-refractivity contribution in [3.8, 4) is 0 Å². The molecule has 18 heavy (non-hydrogen) atoms.